The summed E-state index contributed by atoms with van der Waals surface area (Å²) in [6, 6.07) is 4.58. The lowest BCUT2D eigenvalue weighted by atomic mass is 10.2. The number of aromatic amines is 1. The van der Waals surface area contributed by atoms with Gasteiger partial charge in [-0.1, -0.05) is 12.1 Å². The van der Waals surface area contributed by atoms with Crippen molar-refractivity contribution >= 4 is 17.4 Å². The lowest BCUT2D eigenvalue weighted by molar-refractivity contribution is -0.253. The summed E-state index contributed by atoms with van der Waals surface area (Å²) in [5.74, 6) is -1.30. The van der Waals surface area contributed by atoms with Gasteiger partial charge in [0.15, 0.2) is 0 Å². The first-order valence-corrected chi connectivity index (χ1v) is 7.81. The number of halogens is 4. The van der Waals surface area contributed by atoms with E-state index in [4.69, 9.17) is 0 Å². The fourth-order valence-corrected chi connectivity index (χ4v) is 2.39. The minimum Gasteiger partial charge on any atom is -0.427 e. The number of nitrogens with one attached hydrogen (secondary N) is 2. The zero-order valence-electron chi connectivity index (χ0n) is 14.5. The van der Waals surface area contributed by atoms with Crippen molar-refractivity contribution in [3.05, 3.63) is 51.7 Å². The van der Waals surface area contributed by atoms with Crippen molar-refractivity contribution in [3.8, 4) is 5.75 Å². The number of benzene rings is 1. The van der Waals surface area contributed by atoms with Crippen LogP contribution in [-0.4, -0.2) is 38.0 Å². The number of ether oxygens (including phenoxy) is 1. The maximum Gasteiger partial charge on any atom is 0.461 e. The molecule has 0 aliphatic carbocycles. The summed E-state index contributed by atoms with van der Waals surface area (Å²) < 4.78 is 56.3. The number of aromatic nitrogens is 4. The van der Waals surface area contributed by atoms with E-state index in [1.54, 1.807) is 6.92 Å². The first-order valence-electron chi connectivity index (χ1n) is 7.81. The first kappa shape index (κ1) is 19.3. The summed E-state index contributed by atoms with van der Waals surface area (Å²) in [6.07, 6.45) is -8.88. The van der Waals surface area contributed by atoms with E-state index in [1.807, 2.05) is 0 Å². The molecule has 3 aromatic rings. The number of rotatable bonds is 5. The van der Waals surface area contributed by atoms with Gasteiger partial charge >= 0.3 is 12.5 Å². The fraction of sp³-hybridized carbons (Fsp3) is 0.250. The molecule has 28 heavy (non-hydrogen) atoms. The second-order valence-corrected chi connectivity index (χ2v) is 5.74. The van der Waals surface area contributed by atoms with E-state index in [-0.39, 0.29) is 17.2 Å². The van der Waals surface area contributed by atoms with Gasteiger partial charge < -0.3 is 10.1 Å². The molecule has 0 saturated carbocycles. The molecule has 2 aromatic heterocycles. The molecule has 2 N–H and O–H groups in total. The lowest BCUT2D eigenvalue weighted by Gasteiger charge is -2.18. The monoisotopic (exact) mass is 399 g/mol. The van der Waals surface area contributed by atoms with Crippen LogP contribution in [0.3, 0.4) is 0 Å². The van der Waals surface area contributed by atoms with Crippen molar-refractivity contribution in [1.82, 2.24) is 19.6 Å². The third kappa shape index (κ3) is 3.52. The Morgan fingerprint density at radius 1 is 1.25 bits per heavy atom. The topological polar surface area (TPSA) is 101 Å². The van der Waals surface area contributed by atoms with Gasteiger partial charge in [0.25, 0.3) is 17.2 Å². The van der Waals surface area contributed by atoms with Gasteiger partial charge in [-0.05, 0) is 26.0 Å². The molecule has 3 rings (SSSR count). The van der Waals surface area contributed by atoms with Crippen LogP contribution >= 0.6 is 0 Å². The molecule has 148 valence electrons. The third-order valence-electron chi connectivity index (χ3n) is 3.66. The van der Waals surface area contributed by atoms with Crippen LogP contribution in [0, 0.1) is 13.8 Å². The Morgan fingerprint density at radius 2 is 1.93 bits per heavy atom. The normalized spacial score (nSPS) is 11.8. The predicted molar refractivity (Wildman–Crippen MR) is 89.1 cm³/mol. The molecule has 0 saturated heterocycles. The van der Waals surface area contributed by atoms with E-state index in [0.29, 0.717) is 5.82 Å². The average molecular weight is 399 g/mol. The van der Waals surface area contributed by atoms with Crippen molar-refractivity contribution < 1.29 is 27.1 Å². The average Bonchev–Trinajstić information content (AvgIpc) is 2.98. The van der Waals surface area contributed by atoms with E-state index in [9.17, 15) is 27.2 Å². The Kier molecular flexibility index (Phi) is 4.79. The number of hydrogen-bond donors (Lipinski definition) is 2. The van der Waals surface area contributed by atoms with Crippen LogP contribution in [-0.2, 0) is 0 Å². The second-order valence-electron chi connectivity index (χ2n) is 5.74. The van der Waals surface area contributed by atoms with Crippen molar-refractivity contribution in [3.63, 3.8) is 0 Å². The highest BCUT2D eigenvalue weighted by molar-refractivity contribution is 6.06. The number of nitrogens with zero attached hydrogens (tertiary/aromatic N) is 3. The van der Waals surface area contributed by atoms with Crippen LogP contribution in [0.15, 0.2) is 29.1 Å². The Morgan fingerprint density at radius 3 is 2.61 bits per heavy atom. The van der Waals surface area contributed by atoms with Crippen LogP contribution in [0.2, 0.25) is 0 Å². The van der Waals surface area contributed by atoms with Crippen LogP contribution in [0.25, 0.3) is 5.78 Å². The van der Waals surface area contributed by atoms with Gasteiger partial charge in [-0.3, -0.25) is 14.7 Å². The van der Waals surface area contributed by atoms with Gasteiger partial charge in [0.05, 0.1) is 11.3 Å². The summed E-state index contributed by atoms with van der Waals surface area (Å²) in [4.78, 5) is 33.1. The molecule has 0 fully saturated rings. The van der Waals surface area contributed by atoms with Crippen molar-refractivity contribution in [2.45, 2.75) is 26.4 Å². The molecule has 2 heterocycles. The molecule has 12 heteroatoms. The number of para-hydroxylation sites is 1. The molecule has 1 aromatic carbocycles. The summed E-state index contributed by atoms with van der Waals surface area (Å²) in [6.45, 7) is 3.03. The second kappa shape index (κ2) is 6.94. The SMILES string of the molecule is Cc1nc2nc(C)c(NC(=O)c3ccccc3OC(F)(F)C(F)F)c(=O)n2[nH]1. The smallest absolute Gasteiger partial charge is 0.427 e. The van der Waals surface area contributed by atoms with Crippen molar-refractivity contribution in [1.29, 1.82) is 0 Å². The molecule has 0 atom stereocenters. The summed E-state index contributed by atoms with van der Waals surface area (Å²) in [5, 5.41) is 4.89. The predicted octanol–water partition coefficient (Wildman–Crippen LogP) is 2.52. The molecule has 8 nitrogen and oxygen atoms in total. The largest absolute Gasteiger partial charge is 0.461 e. The van der Waals surface area contributed by atoms with Crippen LogP contribution in [0.4, 0.5) is 23.2 Å². The molecule has 0 aliphatic rings. The number of amides is 1. The quantitative estimate of drug-likeness (QED) is 0.642. The minimum absolute atomic E-state index is 0.0818. The summed E-state index contributed by atoms with van der Waals surface area (Å²) in [5.41, 5.74) is -1.26. The van der Waals surface area contributed by atoms with E-state index in [2.05, 4.69) is 25.1 Å². The van der Waals surface area contributed by atoms with E-state index < -0.39 is 35.3 Å². The van der Waals surface area contributed by atoms with Gasteiger partial charge in [-0.25, -0.2) is 4.98 Å². The van der Waals surface area contributed by atoms with E-state index >= 15 is 0 Å². The zero-order chi connectivity index (χ0) is 20.6. The summed E-state index contributed by atoms with van der Waals surface area (Å²) in [7, 11) is 0. The Labute approximate surface area is 154 Å². The molecule has 0 aliphatic heterocycles. The van der Waals surface area contributed by atoms with Crippen LogP contribution in [0.1, 0.15) is 21.9 Å². The molecule has 0 unspecified atom stereocenters. The first-order chi connectivity index (χ1) is 13.1. The Balaban J connectivity index is 1.97. The highest BCUT2D eigenvalue weighted by Gasteiger charge is 2.44. The van der Waals surface area contributed by atoms with Gasteiger partial charge in [0.1, 0.15) is 17.3 Å². The molecular weight excluding hydrogens is 386 g/mol. The molecular formula is C16H13F4N5O3. The standard InChI is InChI=1S/C16H13F4N5O3/c1-7-11(13(27)25-15(21-7)22-8(2)24-25)23-12(26)9-5-3-4-6-10(9)28-16(19,20)14(17)18/h3-6,14H,1-2H3,(H,23,26)(H,21,22,24). The van der Waals surface area contributed by atoms with Crippen molar-refractivity contribution in [2.24, 2.45) is 0 Å². The highest BCUT2D eigenvalue weighted by atomic mass is 19.3. The zero-order valence-corrected chi connectivity index (χ0v) is 14.5. The van der Waals surface area contributed by atoms with E-state index in [0.717, 1.165) is 16.6 Å². The maximum atomic E-state index is 13.2. The number of carbonyl (C=O) groups excluding carboxylic acids is 1. The maximum absolute atomic E-state index is 13.2. The number of hydrogen-bond acceptors (Lipinski definition) is 5. The number of carbonyl (C=O) groups is 1. The highest BCUT2D eigenvalue weighted by Crippen LogP contribution is 2.30. The van der Waals surface area contributed by atoms with Crippen molar-refractivity contribution in [2.75, 3.05) is 5.32 Å². The molecule has 0 radical (unpaired) electrons. The van der Waals surface area contributed by atoms with Gasteiger partial charge in [0, 0.05) is 0 Å². The Bertz CT molecular complexity index is 1110. The lowest BCUT2D eigenvalue weighted by Crippen LogP contribution is -2.34. The Hall–Kier alpha value is -3.44. The number of H-pyrrole nitrogens is 1. The molecule has 0 bridgehead atoms. The number of anilines is 1. The number of alkyl halides is 4. The molecule has 0 spiro atoms. The van der Waals surface area contributed by atoms with Gasteiger partial charge in [-0.2, -0.15) is 27.1 Å². The summed E-state index contributed by atoms with van der Waals surface area (Å²) >= 11 is 0. The van der Waals surface area contributed by atoms with Gasteiger partial charge in [0.2, 0.25) is 0 Å². The molecule has 1 amide bonds. The minimum atomic E-state index is -4.79. The number of fused-ring (bicyclic) bond motifs is 1. The van der Waals surface area contributed by atoms with Crippen LogP contribution < -0.4 is 15.6 Å². The van der Waals surface area contributed by atoms with Gasteiger partial charge in [-0.15, -0.1) is 0 Å². The fourth-order valence-electron chi connectivity index (χ4n) is 2.39. The van der Waals surface area contributed by atoms with Crippen LogP contribution in [0.5, 0.6) is 5.75 Å². The number of aryl methyl sites for hydroxylation is 2. The van der Waals surface area contributed by atoms with E-state index in [1.165, 1.54) is 19.1 Å². The third-order valence-corrected chi connectivity index (χ3v) is 3.66.